The van der Waals surface area contributed by atoms with Gasteiger partial charge in [0.1, 0.15) is 11.8 Å². The van der Waals surface area contributed by atoms with Crippen molar-refractivity contribution in [2.24, 2.45) is 0 Å². The van der Waals surface area contributed by atoms with E-state index >= 15 is 0 Å². The molecule has 5 rings (SSSR count). The van der Waals surface area contributed by atoms with Crippen LogP contribution in [0.2, 0.25) is 5.02 Å². The lowest BCUT2D eigenvalue weighted by molar-refractivity contribution is -0.657. The molecule has 3 aliphatic heterocycles. The van der Waals surface area contributed by atoms with Crippen molar-refractivity contribution in [3.63, 3.8) is 0 Å². The first-order chi connectivity index (χ1) is 16.4. The predicted octanol–water partition coefficient (Wildman–Crippen LogP) is 1.78. The molecule has 0 spiro atoms. The molecule has 2 aromatic carbocycles. The zero-order valence-electron chi connectivity index (χ0n) is 19.0. The normalized spacial score (nSPS) is 24.1. The Morgan fingerprint density at radius 1 is 1.18 bits per heavy atom. The van der Waals surface area contributed by atoms with Crippen LogP contribution in [-0.2, 0) is 9.59 Å². The number of hydrogen-bond donors (Lipinski definition) is 3. The molecular weight excluding hydrogens is 456 g/mol. The number of amides is 3. The summed E-state index contributed by atoms with van der Waals surface area (Å²) < 4.78 is 5.47. The molecule has 3 aliphatic rings. The number of nitrogens with zero attached hydrogens (tertiary/aromatic N) is 1. The summed E-state index contributed by atoms with van der Waals surface area (Å²) in [6, 6.07) is 9.88. The molecule has 0 aromatic heterocycles. The van der Waals surface area contributed by atoms with E-state index in [2.05, 4.69) is 16.0 Å². The molecule has 9 heteroatoms. The van der Waals surface area contributed by atoms with Crippen LogP contribution in [0.5, 0.6) is 5.75 Å². The van der Waals surface area contributed by atoms with E-state index in [0.717, 1.165) is 30.5 Å². The van der Waals surface area contributed by atoms with Gasteiger partial charge in [-0.1, -0.05) is 17.7 Å². The smallest absolute Gasteiger partial charge is 0.278 e. The number of halogens is 1. The van der Waals surface area contributed by atoms with Crippen molar-refractivity contribution in [1.29, 1.82) is 0 Å². The van der Waals surface area contributed by atoms with E-state index in [1.807, 2.05) is 6.07 Å². The molecule has 0 saturated carbocycles. The number of hydrogen-bond acceptors (Lipinski definition) is 4. The van der Waals surface area contributed by atoms with Gasteiger partial charge in [0.2, 0.25) is 5.91 Å². The lowest BCUT2D eigenvalue weighted by Gasteiger charge is -2.37. The maximum Gasteiger partial charge on any atom is 0.278 e. The molecular formula is C25H28ClN4O4+. The van der Waals surface area contributed by atoms with Crippen molar-refractivity contribution in [3.05, 3.63) is 47.0 Å². The third-order valence-electron chi connectivity index (χ3n) is 7.00. The number of piperidine rings is 1. The summed E-state index contributed by atoms with van der Waals surface area (Å²) >= 11 is 6.20. The Bertz CT molecular complexity index is 1150. The van der Waals surface area contributed by atoms with Gasteiger partial charge in [-0.15, -0.1) is 0 Å². The zero-order chi connectivity index (χ0) is 23.8. The Morgan fingerprint density at radius 3 is 2.79 bits per heavy atom. The molecule has 0 aliphatic carbocycles. The summed E-state index contributed by atoms with van der Waals surface area (Å²) in [7, 11) is 1.58. The van der Waals surface area contributed by atoms with Gasteiger partial charge in [0.25, 0.3) is 11.8 Å². The number of benzene rings is 2. The first kappa shape index (κ1) is 22.7. The average molecular weight is 484 g/mol. The number of anilines is 1. The van der Waals surface area contributed by atoms with E-state index < -0.39 is 6.04 Å². The number of methoxy groups -OCH3 is 1. The van der Waals surface area contributed by atoms with Gasteiger partial charge in [0.15, 0.2) is 6.04 Å². The van der Waals surface area contributed by atoms with Gasteiger partial charge >= 0.3 is 0 Å². The summed E-state index contributed by atoms with van der Waals surface area (Å²) in [5.41, 5.74) is 2.45. The van der Waals surface area contributed by atoms with E-state index in [-0.39, 0.29) is 29.8 Å². The van der Waals surface area contributed by atoms with Gasteiger partial charge in [-0.3, -0.25) is 14.4 Å². The Kier molecular flexibility index (Phi) is 6.18. The van der Waals surface area contributed by atoms with Crippen LogP contribution in [0.3, 0.4) is 0 Å². The number of nitrogens with one attached hydrogen (secondary N) is 2. The molecule has 3 atom stereocenters. The van der Waals surface area contributed by atoms with Crippen LogP contribution in [-0.4, -0.2) is 60.9 Å². The summed E-state index contributed by atoms with van der Waals surface area (Å²) in [5.74, 6) is 0.241. The summed E-state index contributed by atoms with van der Waals surface area (Å²) in [6.07, 6.45) is 2.93. The van der Waals surface area contributed by atoms with Crippen LogP contribution in [0.15, 0.2) is 36.4 Å². The molecule has 2 fully saturated rings. The van der Waals surface area contributed by atoms with Crippen LogP contribution < -0.4 is 20.7 Å². The highest BCUT2D eigenvalue weighted by molar-refractivity contribution is 6.31. The van der Waals surface area contributed by atoms with Crippen molar-refractivity contribution >= 4 is 35.0 Å². The minimum Gasteiger partial charge on any atom is -0.496 e. The first-order valence-electron chi connectivity index (χ1n) is 11.7. The van der Waals surface area contributed by atoms with Gasteiger partial charge in [-0.05, 0) is 48.7 Å². The highest BCUT2D eigenvalue weighted by Crippen LogP contribution is 2.36. The number of quaternary nitrogens is 1. The molecule has 3 amide bonds. The molecule has 8 nitrogen and oxygen atoms in total. The third-order valence-corrected chi connectivity index (χ3v) is 7.24. The third kappa shape index (κ3) is 4.23. The number of ether oxygens (including phenoxy) is 1. The summed E-state index contributed by atoms with van der Waals surface area (Å²) in [4.78, 5) is 40.8. The minimum atomic E-state index is -0.629. The molecule has 2 saturated heterocycles. The molecule has 0 unspecified atom stereocenters. The second-order valence-corrected chi connectivity index (χ2v) is 9.55. The van der Waals surface area contributed by atoms with E-state index in [4.69, 9.17) is 16.3 Å². The van der Waals surface area contributed by atoms with Gasteiger partial charge in [-0.25, -0.2) is 0 Å². The van der Waals surface area contributed by atoms with Crippen LogP contribution in [0.1, 0.15) is 36.0 Å². The number of rotatable bonds is 4. The fraction of sp³-hybridized carbons (Fsp3) is 0.400. The average Bonchev–Trinajstić information content (AvgIpc) is 3.36. The highest BCUT2D eigenvalue weighted by Gasteiger charge is 2.41. The van der Waals surface area contributed by atoms with Gasteiger partial charge in [0, 0.05) is 36.0 Å². The largest absolute Gasteiger partial charge is 0.496 e. The number of nitrogens with two attached hydrogens (primary N) is 1. The SMILES string of the molecule is COc1ccc(Cl)cc1-c1ccc2c(c1)C(=O)N1CC[C@H](NC(=O)[C@H]3CCC[NH2+]3)C[C@H]1C(=O)N2. The van der Waals surface area contributed by atoms with Gasteiger partial charge < -0.3 is 25.6 Å². The Labute approximate surface area is 203 Å². The van der Waals surface area contributed by atoms with Crippen LogP contribution in [0.25, 0.3) is 11.1 Å². The maximum atomic E-state index is 13.5. The monoisotopic (exact) mass is 483 g/mol. The molecule has 2 aromatic rings. The van der Waals surface area contributed by atoms with Crippen molar-refractivity contribution in [2.75, 3.05) is 25.5 Å². The Morgan fingerprint density at radius 2 is 2.03 bits per heavy atom. The van der Waals surface area contributed by atoms with Crippen molar-refractivity contribution < 1.29 is 24.4 Å². The number of carbonyl (C=O) groups is 3. The molecule has 178 valence electrons. The standard InChI is InChI=1S/C25H27ClN4O4/c1-34-22-7-5-15(26)12-17(22)14-4-6-19-18(11-14)25(33)30-10-8-16(13-21(30)24(32)29-19)28-23(31)20-3-2-9-27-20/h4-7,11-12,16,20-21,27H,2-3,8-10,13H2,1H3,(H,28,31)(H,29,32)/p+1/t16-,20+,21-/m0/s1. The lowest BCUT2D eigenvalue weighted by Crippen LogP contribution is -2.89. The van der Waals surface area contributed by atoms with Crippen LogP contribution >= 0.6 is 11.6 Å². The lowest BCUT2D eigenvalue weighted by atomic mass is 9.95. The summed E-state index contributed by atoms with van der Waals surface area (Å²) in [5, 5.41) is 8.65. The molecule has 3 heterocycles. The second kappa shape index (κ2) is 9.27. The molecule has 4 N–H and O–H groups in total. The second-order valence-electron chi connectivity index (χ2n) is 9.11. The van der Waals surface area contributed by atoms with E-state index in [1.54, 1.807) is 42.3 Å². The topological polar surface area (TPSA) is 104 Å². The Hall–Kier alpha value is -3.10. The fourth-order valence-corrected chi connectivity index (χ4v) is 5.36. The van der Waals surface area contributed by atoms with Gasteiger partial charge in [-0.2, -0.15) is 0 Å². The quantitative estimate of drug-likeness (QED) is 0.616. The van der Waals surface area contributed by atoms with Crippen molar-refractivity contribution in [3.8, 4) is 16.9 Å². The predicted molar refractivity (Wildman–Crippen MR) is 128 cm³/mol. The number of fused-ring (bicyclic) bond motifs is 2. The van der Waals surface area contributed by atoms with Gasteiger partial charge in [0.05, 0.1) is 24.9 Å². The van der Waals surface area contributed by atoms with E-state index in [9.17, 15) is 14.4 Å². The number of carbonyl (C=O) groups excluding carboxylic acids is 3. The zero-order valence-corrected chi connectivity index (χ0v) is 19.7. The van der Waals surface area contributed by atoms with Crippen molar-refractivity contribution in [2.45, 2.75) is 43.8 Å². The molecule has 0 bridgehead atoms. The van der Waals surface area contributed by atoms with Crippen LogP contribution in [0.4, 0.5) is 5.69 Å². The molecule has 34 heavy (non-hydrogen) atoms. The maximum absolute atomic E-state index is 13.5. The molecule has 0 radical (unpaired) electrons. The Balaban J connectivity index is 1.39. The summed E-state index contributed by atoms with van der Waals surface area (Å²) in [6.45, 7) is 1.37. The van der Waals surface area contributed by atoms with E-state index in [1.165, 1.54) is 0 Å². The van der Waals surface area contributed by atoms with E-state index in [0.29, 0.717) is 41.4 Å². The van der Waals surface area contributed by atoms with Crippen LogP contribution in [0, 0.1) is 0 Å². The minimum absolute atomic E-state index is 0.0275. The fourth-order valence-electron chi connectivity index (χ4n) is 5.18. The highest BCUT2D eigenvalue weighted by atomic mass is 35.5. The van der Waals surface area contributed by atoms with Crippen molar-refractivity contribution in [1.82, 2.24) is 10.2 Å². The first-order valence-corrected chi connectivity index (χ1v) is 12.1.